The number of thiophene rings is 1. The van der Waals surface area contributed by atoms with Crippen LogP contribution in [0.25, 0.3) is 21.4 Å². The van der Waals surface area contributed by atoms with E-state index in [1.807, 2.05) is 0 Å². The monoisotopic (exact) mass is 453 g/mol. The van der Waals surface area contributed by atoms with Crippen molar-refractivity contribution in [1.29, 1.82) is 0 Å². The van der Waals surface area contributed by atoms with E-state index in [4.69, 9.17) is 11.3 Å². The Bertz CT molecular complexity index is 952. The van der Waals surface area contributed by atoms with Gasteiger partial charge in [0, 0.05) is 15.3 Å². The van der Waals surface area contributed by atoms with Crippen LogP contribution in [0.2, 0.25) is 0 Å². The number of hydrogen-bond acceptors (Lipinski definition) is 3. The first-order valence-corrected chi connectivity index (χ1v) is 12.5. The lowest BCUT2D eigenvalue weighted by Gasteiger charge is -2.13. The average molecular weight is 454 g/mol. The number of rotatable bonds is 14. The number of carboxylic acids is 1. The molecule has 0 unspecified atom stereocenters. The van der Waals surface area contributed by atoms with Crippen LogP contribution >= 0.6 is 11.3 Å². The SMILES string of the molecule is [C-]#[N+]/C(=C\c1cc(CCCCCCCC)c(-c2ccc(C)cc2OCCCC)s1)C(=O)O. The minimum Gasteiger partial charge on any atom is -0.493 e. The van der Waals surface area contributed by atoms with Crippen LogP contribution in [-0.4, -0.2) is 17.7 Å². The topological polar surface area (TPSA) is 50.9 Å². The zero-order chi connectivity index (χ0) is 23.3. The zero-order valence-electron chi connectivity index (χ0n) is 19.6. The fourth-order valence-electron chi connectivity index (χ4n) is 3.57. The molecular weight excluding hydrogens is 418 g/mol. The van der Waals surface area contributed by atoms with Crippen molar-refractivity contribution < 1.29 is 14.6 Å². The number of nitrogens with zero attached hydrogens (tertiary/aromatic N) is 1. The lowest BCUT2D eigenvalue weighted by Crippen LogP contribution is -1.99. The van der Waals surface area contributed by atoms with E-state index >= 15 is 0 Å². The molecule has 172 valence electrons. The molecular formula is C27H35NO3S. The summed E-state index contributed by atoms with van der Waals surface area (Å²) in [5.74, 6) is -0.310. The van der Waals surface area contributed by atoms with Crippen molar-refractivity contribution >= 4 is 23.4 Å². The van der Waals surface area contributed by atoms with Crippen molar-refractivity contribution in [3.63, 3.8) is 0 Å². The van der Waals surface area contributed by atoms with Crippen molar-refractivity contribution in [3.8, 4) is 16.2 Å². The molecule has 4 nitrogen and oxygen atoms in total. The van der Waals surface area contributed by atoms with Gasteiger partial charge in [0.2, 0.25) is 0 Å². The molecule has 0 aliphatic carbocycles. The Morgan fingerprint density at radius 2 is 1.81 bits per heavy atom. The molecule has 0 spiro atoms. The Labute approximate surface area is 196 Å². The summed E-state index contributed by atoms with van der Waals surface area (Å²) in [6, 6.07) is 8.33. The van der Waals surface area contributed by atoms with Gasteiger partial charge in [0.1, 0.15) is 5.75 Å². The van der Waals surface area contributed by atoms with Crippen molar-refractivity contribution in [1.82, 2.24) is 0 Å². The average Bonchev–Trinajstić information content (AvgIpc) is 3.17. The first kappa shape index (κ1) is 25.7. The molecule has 0 amide bonds. The predicted octanol–water partition coefficient (Wildman–Crippen LogP) is 8.15. The van der Waals surface area contributed by atoms with E-state index in [0.29, 0.717) is 6.61 Å². The third kappa shape index (κ3) is 7.84. The molecule has 0 fully saturated rings. The van der Waals surface area contributed by atoms with Gasteiger partial charge in [-0.25, -0.2) is 4.85 Å². The van der Waals surface area contributed by atoms with Crippen LogP contribution in [0.1, 0.15) is 81.2 Å². The smallest absolute Gasteiger partial charge is 0.333 e. The predicted molar refractivity (Wildman–Crippen MR) is 134 cm³/mol. The molecule has 1 aromatic heterocycles. The summed E-state index contributed by atoms with van der Waals surface area (Å²) in [5.41, 5.74) is 3.15. The zero-order valence-corrected chi connectivity index (χ0v) is 20.4. The Morgan fingerprint density at radius 3 is 2.50 bits per heavy atom. The number of carbonyl (C=O) groups is 1. The van der Waals surface area contributed by atoms with Gasteiger partial charge in [-0.3, -0.25) is 4.79 Å². The molecule has 32 heavy (non-hydrogen) atoms. The molecule has 0 atom stereocenters. The highest BCUT2D eigenvalue weighted by molar-refractivity contribution is 7.16. The van der Waals surface area contributed by atoms with Crippen LogP contribution in [-0.2, 0) is 11.2 Å². The van der Waals surface area contributed by atoms with Gasteiger partial charge in [-0.05, 0) is 61.6 Å². The maximum atomic E-state index is 11.3. The molecule has 1 N–H and O–H groups in total. The second kappa shape index (κ2) is 13.8. The Balaban J connectivity index is 2.37. The van der Waals surface area contributed by atoms with Gasteiger partial charge in [-0.15, -0.1) is 11.3 Å². The van der Waals surface area contributed by atoms with Gasteiger partial charge in [0.05, 0.1) is 13.2 Å². The Kier molecular flexibility index (Phi) is 11.0. The summed E-state index contributed by atoms with van der Waals surface area (Å²) in [6.45, 7) is 14.3. The van der Waals surface area contributed by atoms with Crippen molar-refractivity contribution in [2.24, 2.45) is 0 Å². The molecule has 0 bridgehead atoms. The van der Waals surface area contributed by atoms with Gasteiger partial charge in [0.25, 0.3) is 5.70 Å². The van der Waals surface area contributed by atoms with Gasteiger partial charge >= 0.3 is 5.97 Å². The Hall–Kier alpha value is -2.58. The molecule has 0 aliphatic heterocycles. The van der Waals surface area contributed by atoms with Crippen LogP contribution in [0.4, 0.5) is 0 Å². The summed E-state index contributed by atoms with van der Waals surface area (Å²) in [4.78, 5) is 16.4. The first-order valence-electron chi connectivity index (χ1n) is 11.7. The lowest BCUT2D eigenvalue weighted by molar-refractivity contribution is -0.132. The largest absolute Gasteiger partial charge is 0.493 e. The maximum Gasteiger partial charge on any atom is 0.333 e. The van der Waals surface area contributed by atoms with Crippen LogP contribution < -0.4 is 4.74 Å². The molecule has 5 heteroatoms. The molecule has 0 saturated carbocycles. The highest BCUT2D eigenvalue weighted by atomic mass is 32.1. The number of carboxylic acid groups (broad SMARTS) is 1. The number of benzene rings is 1. The van der Waals surface area contributed by atoms with E-state index in [2.05, 4.69) is 49.9 Å². The standard InChI is InChI=1S/C27H35NO3S/c1-5-7-9-10-11-12-13-21-18-22(19-24(28-4)27(29)30)32-26(21)23-15-14-20(3)17-25(23)31-16-8-6-2/h14-15,17-19H,5-13,16H2,1-3H3,(H,29,30)/b24-19-. The van der Waals surface area contributed by atoms with E-state index in [0.717, 1.165) is 52.3 Å². The van der Waals surface area contributed by atoms with Crippen LogP contribution in [0.3, 0.4) is 0 Å². The van der Waals surface area contributed by atoms with E-state index in [-0.39, 0.29) is 5.70 Å². The van der Waals surface area contributed by atoms with Gasteiger partial charge < -0.3 is 9.84 Å². The second-order valence-electron chi connectivity index (χ2n) is 8.17. The van der Waals surface area contributed by atoms with E-state index in [1.165, 1.54) is 43.7 Å². The third-order valence-corrected chi connectivity index (χ3v) is 6.54. The fourth-order valence-corrected chi connectivity index (χ4v) is 4.75. The number of ether oxygens (including phenoxy) is 1. The van der Waals surface area contributed by atoms with Crippen molar-refractivity contribution in [3.05, 3.63) is 57.4 Å². The molecule has 2 aromatic rings. The summed E-state index contributed by atoms with van der Waals surface area (Å²) < 4.78 is 6.14. The Morgan fingerprint density at radius 1 is 1.09 bits per heavy atom. The number of unbranched alkanes of at least 4 members (excludes halogenated alkanes) is 6. The highest BCUT2D eigenvalue weighted by Gasteiger charge is 2.16. The van der Waals surface area contributed by atoms with E-state index in [9.17, 15) is 9.90 Å². The maximum absolute atomic E-state index is 11.3. The molecule has 2 rings (SSSR count). The van der Waals surface area contributed by atoms with Crippen molar-refractivity contribution in [2.45, 2.75) is 78.6 Å². The number of hydrogen-bond donors (Lipinski definition) is 1. The third-order valence-electron chi connectivity index (χ3n) is 5.38. The second-order valence-corrected chi connectivity index (χ2v) is 9.25. The molecule has 0 saturated heterocycles. The van der Waals surface area contributed by atoms with Crippen molar-refractivity contribution in [2.75, 3.05) is 6.61 Å². The van der Waals surface area contributed by atoms with E-state index in [1.54, 1.807) is 11.3 Å². The quantitative estimate of drug-likeness (QED) is 0.178. The molecule has 0 aliphatic rings. The first-order chi connectivity index (χ1) is 15.5. The minimum atomic E-state index is -1.19. The molecule has 1 aromatic carbocycles. The minimum absolute atomic E-state index is 0.257. The summed E-state index contributed by atoms with van der Waals surface area (Å²) in [7, 11) is 0. The van der Waals surface area contributed by atoms with Gasteiger partial charge in [-0.2, -0.15) is 0 Å². The van der Waals surface area contributed by atoms with Gasteiger partial charge in [0.15, 0.2) is 0 Å². The fraction of sp³-hybridized carbons (Fsp3) is 0.481. The summed E-state index contributed by atoms with van der Waals surface area (Å²) >= 11 is 1.54. The molecule has 1 heterocycles. The summed E-state index contributed by atoms with van der Waals surface area (Å²) in [5, 5.41) is 9.27. The number of aryl methyl sites for hydroxylation is 2. The van der Waals surface area contributed by atoms with E-state index < -0.39 is 5.97 Å². The lowest BCUT2D eigenvalue weighted by atomic mass is 10.0. The normalized spacial score (nSPS) is 11.4. The van der Waals surface area contributed by atoms with Crippen LogP contribution in [0.5, 0.6) is 5.75 Å². The van der Waals surface area contributed by atoms with Crippen LogP contribution in [0, 0.1) is 13.5 Å². The summed E-state index contributed by atoms with van der Waals surface area (Å²) in [6.07, 6.45) is 11.9. The number of aliphatic carboxylic acids is 1. The van der Waals surface area contributed by atoms with Crippen LogP contribution in [0.15, 0.2) is 30.0 Å². The molecule has 0 radical (unpaired) electrons. The van der Waals surface area contributed by atoms with Gasteiger partial charge in [-0.1, -0.05) is 58.4 Å². The highest BCUT2D eigenvalue weighted by Crippen LogP contribution is 2.40.